The van der Waals surface area contributed by atoms with Crippen molar-refractivity contribution in [3.63, 3.8) is 0 Å². The van der Waals surface area contributed by atoms with Gasteiger partial charge in [-0.05, 0) is 35.0 Å². The number of aromatic hydroxyl groups is 1. The highest BCUT2D eigenvalue weighted by atomic mass is 32.1. The first-order chi connectivity index (χ1) is 12.3. The van der Waals surface area contributed by atoms with Crippen molar-refractivity contribution in [2.45, 2.75) is 18.7 Å². The van der Waals surface area contributed by atoms with E-state index in [1.807, 2.05) is 41.4 Å². The molecule has 0 saturated heterocycles. The molecule has 0 amide bonds. The van der Waals surface area contributed by atoms with Crippen LogP contribution in [0.1, 0.15) is 35.4 Å². The van der Waals surface area contributed by atoms with E-state index in [0.29, 0.717) is 0 Å². The number of hydrazone groups is 1. The van der Waals surface area contributed by atoms with E-state index in [9.17, 15) is 5.11 Å². The van der Waals surface area contributed by atoms with Crippen LogP contribution in [-0.2, 0) is 0 Å². The van der Waals surface area contributed by atoms with Crippen LogP contribution in [0, 0.1) is 0 Å². The van der Waals surface area contributed by atoms with Crippen molar-refractivity contribution in [2.24, 2.45) is 5.10 Å². The molecule has 0 saturated carbocycles. The smallest absolute Gasteiger partial charge is 0.214 e. The van der Waals surface area contributed by atoms with Crippen LogP contribution in [0.2, 0.25) is 0 Å². The number of hydrogen-bond acceptors (Lipinski definition) is 5. The van der Waals surface area contributed by atoms with E-state index in [1.54, 1.807) is 17.4 Å². The molecule has 0 radical (unpaired) electrons. The first kappa shape index (κ1) is 14.5. The van der Waals surface area contributed by atoms with Gasteiger partial charge in [0.15, 0.2) is 0 Å². The summed E-state index contributed by atoms with van der Waals surface area (Å²) in [7, 11) is 0. The summed E-state index contributed by atoms with van der Waals surface area (Å²) < 4.78 is 6.27. The summed E-state index contributed by atoms with van der Waals surface area (Å²) in [5, 5.41) is 21.3. The lowest BCUT2D eigenvalue weighted by Crippen LogP contribution is -2.33. The van der Waals surface area contributed by atoms with Gasteiger partial charge in [-0.15, -0.1) is 0 Å². The van der Waals surface area contributed by atoms with Gasteiger partial charge in [-0.1, -0.05) is 30.3 Å². The Morgan fingerprint density at radius 2 is 1.92 bits per heavy atom. The second-order valence-corrected chi connectivity index (χ2v) is 7.01. The molecule has 0 unspecified atom stereocenters. The van der Waals surface area contributed by atoms with Crippen molar-refractivity contribution in [3.8, 4) is 11.5 Å². The predicted molar refractivity (Wildman–Crippen MR) is 98.0 cm³/mol. The first-order valence-electron chi connectivity index (χ1n) is 8.23. The van der Waals surface area contributed by atoms with Crippen molar-refractivity contribution >= 4 is 17.0 Å². The normalized spacial score (nSPS) is 21.3. The number of ether oxygens (including phenoxy) is 1. The van der Waals surface area contributed by atoms with E-state index in [1.165, 1.54) is 0 Å². The molecule has 3 aromatic rings. The largest absolute Gasteiger partial charge is 0.507 e. The van der Waals surface area contributed by atoms with Gasteiger partial charge in [-0.2, -0.15) is 16.4 Å². The van der Waals surface area contributed by atoms with Gasteiger partial charge in [0.1, 0.15) is 11.5 Å². The first-order valence-corrected chi connectivity index (χ1v) is 9.17. The maximum atomic E-state index is 10.2. The van der Waals surface area contributed by atoms with E-state index >= 15 is 0 Å². The molecule has 1 aromatic heterocycles. The Bertz CT molecular complexity index is 952. The molecule has 2 atom stereocenters. The molecule has 0 bridgehead atoms. The molecular formula is C20H16N2O2S. The monoisotopic (exact) mass is 348 g/mol. The molecule has 4 nitrogen and oxygen atoms in total. The molecule has 124 valence electrons. The van der Waals surface area contributed by atoms with Crippen LogP contribution in [0.15, 0.2) is 70.5 Å². The second kappa shape index (κ2) is 5.63. The zero-order valence-electron chi connectivity index (χ0n) is 13.4. The van der Waals surface area contributed by atoms with Gasteiger partial charge in [0.2, 0.25) is 6.23 Å². The summed E-state index contributed by atoms with van der Waals surface area (Å²) in [4.78, 5) is 0. The number of thiophene rings is 1. The van der Waals surface area contributed by atoms with Crippen LogP contribution in [0.4, 0.5) is 0 Å². The molecule has 0 fully saturated rings. The van der Waals surface area contributed by atoms with Crippen LogP contribution in [0.3, 0.4) is 0 Å². The van der Waals surface area contributed by atoms with Crippen molar-refractivity contribution in [1.29, 1.82) is 0 Å². The lowest BCUT2D eigenvalue weighted by molar-refractivity contribution is -0.0187. The Hall–Kier alpha value is -2.79. The lowest BCUT2D eigenvalue weighted by Gasteiger charge is -2.37. The number of nitrogens with zero attached hydrogens (tertiary/aromatic N) is 2. The van der Waals surface area contributed by atoms with Crippen LogP contribution < -0.4 is 4.74 Å². The molecule has 0 spiro atoms. The van der Waals surface area contributed by atoms with Crippen molar-refractivity contribution in [1.82, 2.24) is 5.01 Å². The summed E-state index contributed by atoms with van der Waals surface area (Å²) in [6.45, 7) is 0. The summed E-state index contributed by atoms with van der Waals surface area (Å²) in [5.41, 5.74) is 3.93. The standard InChI is InChI=1S/C20H16N2O2S/c23-18-7-3-1-5-14(18)16-11-17-15-6-2-4-8-19(15)24-20(22(17)21-16)13-9-10-25-12-13/h1-10,12,17,20,23H,11H2/t17-,20-/m1/s1. The Balaban J connectivity index is 1.62. The number of fused-ring (bicyclic) bond motifs is 3. The highest BCUT2D eigenvalue weighted by molar-refractivity contribution is 7.07. The highest BCUT2D eigenvalue weighted by Gasteiger charge is 2.41. The third-order valence-corrected chi connectivity index (χ3v) is 5.44. The van der Waals surface area contributed by atoms with Gasteiger partial charge in [0, 0.05) is 23.1 Å². The second-order valence-electron chi connectivity index (χ2n) is 6.23. The zero-order chi connectivity index (χ0) is 16.8. The van der Waals surface area contributed by atoms with Gasteiger partial charge >= 0.3 is 0 Å². The Labute approximate surface area is 149 Å². The molecular weight excluding hydrogens is 332 g/mol. The fourth-order valence-electron chi connectivity index (χ4n) is 3.55. The SMILES string of the molecule is Oc1ccccc1C1=NN2[C@H](C1)c1ccccc1O[C@@H]2c1ccsc1. The Kier molecular flexibility index (Phi) is 3.28. The van der Waals surface area contributed by atoms with Crippen molar-refractivity contribution < 1.29 is 9.84 Å². The Morgan fingerprint density at radius 1 is 1.08 bits per heavy atom. The van der Waals surface area contributed by atoms with Crippen molar-refractivity contribution in [2.75, 3.05) is 0 Å². The summed E-state index contributed by atoms with van der Waals surface area (Å²) >= 11 is 1.65. The predicted octanol–water partition coefficient (Wildman–Crippen LogP) is 4.70. The lowest BCUT2D eigenvalue weighted by atomic mass is 9.96. The molecule has 2 aromatic carbocycles. The summed E-state index contributed by atoms with van der Waals surface area (Å²) in [6, 6.07) is 17.7. The fourth-order valence-corrected chi connectivity index (χ4v) is 4.22. The minimum atomic E-state index is -0.241. The number of benzene rings is 2. The maximum absolute atomic E-state index is 10.2. The molecule has 2 aliphatic heterocycles. The van der Waals surface area contributed by atoms with E-state index in [4.69, 9.17) is 9.84 Å². The quantitative estimate of drug-likeness (QED) is 0.730. The average Bonchev–Trinajstić information content (AvgIpc) is 3.31. The van der Waals surface area contributed by atoms with Crippen molar-refractivity contribution in [3.05, 3.63) is 82.0 Å². The molecule has 0 aliphatic carbocycles. The molecule has 3 heterocycles. The molecule has 2 aliphatic rings. The number of phenolic OH excluding ortho intramolecular Hbond substituents is 1. The van der Waals surface area contributed by atoms with Gasteiger partial charge in [0.05, 0.1) is 11.8 Å². The van der Waals surface area contributed by atoms with Gasteiger partial charge < -0.3 is 9.84 Å². The van der Waals surface area contributed by atoms with E-state index in [2.05, 4.69) is 22.9 Å². The molecule has 5 heteroatoms. The number of hydrogen-bond donors (Lipinski definition) is 1. The number of para-hydroxylation sites is 2. The van der Waals surface area contributed by atoms with Crippen LogP contribution >= 0.6 is 11.3 Å². The minimum Gasteiger partial charge on any atom is -0.507 e. The summed E-state index contributed by atoms with van der Waals surface area (Å²) in [5.74, 6) is 1.18. The highest BCUT2D eigenvalue weighted by Crippen LogP contribution is 2.48. The number of phenols is 1. The molecule has 5 rings (SSSR count). The topological polar surface area (TPSA) is 45.1 Å². The van der Waals surface area contributed by atoms with Gasteiger partial charge in [-0.3, -0.25) is 0 Å². The minimum absolute atomic E-state index is 0.115. The molecule has 1 N–H and O–H groups in total. The van der Waals surface area contributed by atoms with Crippen LogP contribution in [-0.4, -0.2) is 15.8 Å². The van der Waals surface area contributed by atoms with E-state index < -0.39 is 0 Å². The van der Waals surface area contributed by atoms with Gasteiger partial charge in [0.25, 0.3) is 0 Å². The summed E-state index contributed by atoms with van der Waals surface area (Å²) in [6.07, 6.45) is 0.507. The van der Waals surface area contributed by atoms with E-state index in [-0.39, 0.29) is 18.0 Å². The van der Waals surface area contributed by atoms with Gasteiger partial charge in [-0.25, -0.2) is 5.01 Å². The van der Waals surface area contributed by atoms with Crippen LogP contribution in [0.25, 0.3) is 0 Å². The van der Waals surface area contributed by atoms with Crippen LogP contribution in [0.5, 0.6) is 11.5 Å². The average molecular weight is 348 g/mol. The molecule has 25 heavy (non-hydrogen) atoms. The fraction of sp³-hybridized carbons (Fsp3) is 0.150. The number of rotatable bonds is 2. The zero-order valence-corrected chi connectivity index (χ0v) is 14.2. The Morgan fingerprint density at radius 3 is 2.76 bits per heavy atom. The third-order valence-electron chi connectivity index (χ3n) is 4.74. The van der Waals surface area contributed by atoms with E-state index in [0.717, 1.165) is 34.6 Å². The maximum Gasteiger partial charge on any atom is 0.214 e. The third kappa shape index (κ3) is 2.31.